The second-order valence-corrected chi connectivity index (χ2v) is 4.46. The Balaban J connectivity index is 2.94. The quantitative estimate of drug-likeness (QED) is 0.705. The van der Waals surface area contributed by atoms with Crippen LogP contribution >= 0.6 is 15.9 Å². The zero-order valence-corrected chi connectivity index (χ0v) is 9.48. The van der Waals surface area contributed by atoms with E-state index in [1.807, 2.05) is 13.8 Å². The third-order valence-corrected chi connectivity index (χ3v) is 2.42. The van der Waals surface area contributed by atoms with Crippen LogP contribution in [0.2, 0.25) is 0 Å². The highest BCUT2D eigenvalue weighted by Crippen LogP contribution is 2.32. The maximum atomic E-state index is 12.4. The summed E-state index contributed by atoms with van der Waals surface area (Å²) in [4.78, 5) is 1.65. The molecule has 1 heterocycles. The Morgan fingerprint density at radius 2 is 2.00 bits per heavy atom. The predicted octanol–water partition coefficient (Wildman–Crippen LogP) is 3.44. The molecule has 0 aliphatic carbocycles. The van der Waals surface area contributed by atoms with Gasteiger partial charge < -0.3 is 4.90 Å². The second kappa shape index (κ2) is 3.96. The van der Waals surface area contributed by atoms with Crippen molar-refractivity contribution in [2.75, 3.05) is 6.54 Å². The summed E-state index contributed by atoms with van der Waals surface area (Å²) in [6.45, 7) is 4.21. The standard InChI is InChI=1S/C9H11BrF3N/c1-6(2)14-4-7(9(11,12)13)3-8(10)5-14/h3-4,6H,5H2,1-2H3. The summed E-state index contributed by atoms with van der Waals surface area (Å²) in [5.41, 5.74) is -0.607. The maximum Gasteiger partial charge on any atom is 0.417 e. The fraction of sp³-hybridized carbons (Fsp3) is 0.556. The molecule has 1 aliphatic heterocycles. The number of rotatable bonds is 1. The number of halogens is 4. The van der Waals surface area contributed by atoms with Gasteiger partial charge in [-0.25, -0.2) is 0 Å². The van der Waals surface area contributed by atoms with Crippen molar-refractivity contribution in [2.24, 2.45) is 0 Å². The Bertz CT molecular complexity index is 278. The summed E-state index contributed by atoms with van der Waals surface area (Å²) in [5, 5.41) is 0. The first kappa shape index (κ1) is 11.6. The molecule has 5 heteroatoms. The number of alkyl halides is 3. The molecule has 0 saturated carbocycles. The molecule has 0 aromatic rings. The van der Waals surface area contributed by atoms with E-state index in [4.69, 9.17) is 0 Å². The van der Waals surface area contributed by atoms with Crippen molar-refractivity contribution < 1.29 is 13.2 Å². The summed E-state index contributed by atoms with van der Waals surface area (Å²) in [5.74, 6) is 0. The van der Waals surface area contributed by atoms with Crippen LogP contribution < -0.4 is 0 Å². The first-order valence-electron chi connectivity index (χ1n) is 4.21. The van der Waals surface area contributed by atoms with Crippen LogP contribution in [-0.2, 0) is 0 Å². The number of hydrogen-bond acceptors (Lipinski definition) is 1. The van der Waals surface area contributed by atoms with Crippen molar-refractivity contribution in [1.29, 1.82) is 0 Å². The molecule has 0 unspecified atom stereocenters. The summed E-state index contributed by atoms with van der Waals surface area (Å²) in [6, 6.07) is 0.0635. The Morgan fingerprint density at radius 1 is 1.43 bits per heavy atom. The second-order valence-electron chi connectivity index (χ2n) is 3.44. The molecule has 1 rings (SSSR count). The zero-order chi connectivity index (χ0) is 10.9. The topological polar surface area (TPSA) is 3.24 Å². The van der Waals surface area contributed by atoms with Crippen LogP contribution in [0.5, 0.6) is 0 Å². The van der Waals surface area contributed by atoms with Gasteiger partial charge in [0.2, 0.25) is 0 Å². The molecule has 0 N–H and O–H groups in total. The Hall–Kier alpha value is -0.450. The predicted molar refractivity (Wildman–Crippen MR) is 53.0 cm³/mol. The van der Waals surface area contributed by atoms with Crippen LogP contribution in [-0.4, -0.2) is 23.7 Å². The minimum atomic E-state index is -4.27. The van der Waals surface area contributed by atoms with Crippen LogP contribution in [0.15, 0.2) is 22.3 Å². The van der Waals surface area contributed by atoms with Gasteiger partial charge in [-0.15, -0.1) is 0 Å². The fourth-order valence-corrected chi connectivity index (χ4v) is 1.67. The van der Waals surface area contributed by atoms with E-state index in [2.05, 4.69) is 15.9 Å². The molecule has 0 aromatic carbocycles. The van der Waals surface area contributed by atoms with Gasteiger partial charge in [-0.05, 0) is 19.9 Å². The van der Waals surface area contributed by atoms with Gasteiger partial charge >= 0.3 is 6.18 Å². The lowest BCUT2D eigenvalue weighted by molar-refractivity contribution is -0.0897. The van der Waals surface area contributed by atoms with Crippen molar-refractivity contribution in [3.8, 4) is 0 Å². The van der Waals surface area contributed by atoms with Gasteiger partial charge in [-0.2, -0.15) is 13.2 Å². The minimum Gasteiger partial charge on any atom is -0.370 e. The van der Waals surface area contributed by atoms with Gasteiger partial charge in [-0.1, -0.05) is 15.9 Å². The third kappa shape index (κ3) is 2.77. The van der Waals surface area contributed by atoms with Crippen molar-refractivity contribution in [3.05, 3.63) is 22.3 Å². The van der Waals surface area contributed by atoms with E-state index in [1.54, 1.807) is 4.90 Å². The zero-order valence-electron chi connectivity index (χ0n) is 7.90. The van der Waals surface area contributed by atoms with Crippen LogP contribution in [0, 0.1) is 0 Å². The molecule has 0 atom stereocenters. The number of nitrogens with zero attached hydrogens (tertiary/aromatic N) is 1. The number of allylic oxidation sites excluding steroid dienone is 2. The van der Waals surface area contributed by atoms with E-state index >= 15 is 0 Å². The van der Waals surface area contributed by atoms with E-state index in [0.29, 0.717) is 11.0 Å². The monoisotopic (exact) mass is 269 g/mol. The van der Waals surface area contributed by atoms with E-state index in [-0.39, 0.29) is 6.04 Å². The van der Waals surface area contributed by atoms with Gasteiger partial charge in [-0.3, -0.25) is 0 Å². The van der Waals surface area contributed by atoms with Gasteiger partial charge in [0.05, 0.1) is 5.57 Å². The molecule has 1 nitrogen and oxygen atoms in total. The van der Waals surface area contributed by atoms with Crippen molar-refractivity contribution in [2.45, 2.75) is 26.1 Å². The molecule has 14 heavy (non-hydrogen) atoms. The lowest BCUT2D eigenvalue weighted by Gasteiger charge is -2.29. The number of hydrogen-bond donors (Lipinski definition) is 0. The molecular weight excluding hydrogens is 259 g/mol. The van der Waals surface area contributed by atoms with Gasteiger partial charge in [0.25, 0.3) is 0 Å². The van der Waals surface area contributed by atoms with Crippen molar-refractivity contribution >= 4 is 15.9 Å². The van der Waals surface area contributed by atoms with Crippen LogP contribution in [0.1, 0.15) is 13.8 Å². The first-order valence-corrected chi connectivity index (χ1v) is 5.01. The summed E-state index contributed by atoms with van der Waals surface area (Å²) < 4.78 is 37.7. The smallest absolute Gasteiger partial charge is 0.370 e. The van der Waals surface area contributed by atoms with Gasteiger partial charge in [0, 0.05) is 23.3 Å². The molecule has 1 aliphatic rings. The third-order valence-electron chi connectivity index (χ3n) is 1.94. The first-order chi connectivity index (χ1) is 6.30. The largest absolute Gasteiger partial charge is 0.417 e. The summed E-state index contributed by atoms with van der Waals surface area (Å²) >= 11 is 3.11. The molecule has 0 fully saturated rings. The maximum absolute atomic E-state index is 12.4. The average molecular weight is 270 g/mol. The van der Waals surface area contributed by atoms with Crippen molar-refractivity contribution in [3.63, 3.8) is 0 Å². The Labute approximate surface area is 89.4 Å². The van der Waals surface area contributed by atoms with E-state index in [0.717, 1.165) is 12.3 Å². The molecule has 0 radical (unpaired) electrons. The average Bonchev–Trinajstić information content (AvgIpc) is 2.01. The lowest BCUT2D eigenvalue weighted by Crippen LogP contribution is -2.31. The highest BCUT2D eigenvalue weighted by Gasteiger charge is 2.34. The molecule has 0 spiro atoms. The molecular formula is C9H11BrF3N. The van der Waals surface area contributed by atoms with E-state index in [9.17, 15) is 13.2 Å². The van der Waals surface area contributed by atoms with Crippen LogP contribution in [0.4, 0.5) is 13.2 Å². The fourth-order valence-electron chi connectivity index (χ4n) is 1.14. The summed E-state index contributed by atoms with van der Waals surface area (Å²) in [7, 11) is 0. The highest BCUT2D eigenvalue weighted by atomic mass is 79.9. The van der Waals surface area contributed by atoms with Crippen molar-refractivity contribution in [1.82, 2.24) is 4.90 Å². The lowest BCUT2D eigenvalue weighted by atomic mass is 10.1. The van der Waals surface area contributed by atoms with Gasteiger partial charge in [0.15, 0.2) is 0 Å². The van der Waals surface area contributed by atoms with E-state index < -0.39 is 11.7 Å². The van der Waals surface area contributed by atoms with Crippen LogP contribution in [0.25, 0.3) is 0 Å². The van der Waals surface area contributed by atoms with Crippen LogP contribution in [0.3, 0.4) is 0 Å². The highest BCUT2D eigenvalue weighted by molar-refractivity contribution is 9.11. The normalized spacial score (nSPS) is 18.4. The minimum absolute atomic E-state index is 0.0635. The Kier molecular flexibility index (Phi) is 3.29. The van der Waals surface area contributed by atoms with Gasteiger partial charge in [0.1, 0.15) is 0 Å². The SMILES string of the molecule is CC(C)N1C=C(C(F)(F)F)C=C(Br)C1. The Morgan fingerprint density at radius 3 is 2.43 bits per heavy atom. The van der Waals surface area contributed by atoms with E-state index in [1.165, 1.54) is 0 Å². The molecule has 0 bridgehead atoms. The molecule has 0 amide bonds. The molecule has 0 saturated heterocycles. The molecule has 80 valence electrons. The molecule has 0 aromatic heterocycles. The summed E-state index contributed by atoms with van der Waals surface area (Å²) in [6.07, 6.45) is -1.99.